The summed E-state index contributed by atoms with van der Waals surface area (Å²) in [6.07, 6.45) is 2.85. The molecule has 1 heterocycles. The van der Waals surface area contributed by atoms with E-state index in [0.717, 1.165) is 19.7 Å². The van der Waals surface area contributed by atoms with Crippen LogP contribution in [0.25, 0.3) is 0 Å². The van der Waals surface area contributed by atoms with E-state index in [1.807, 2.05) is 0 Å². The molecule has 1 rings (SSSR count). The number of nitrogens with two attached hydrogens (primary N) is 1. The summed E-state index contributed by atoms with van der Waals surface area (Å²) >= 11 is 0. The number of likely N-dealkylation sites (N-methyl/N-ethyl adjacent to an activating group) is 1. The molecule has 3 nitrogen and oxygen atoms in total. The fourth-order valence-electron chi connectivity index (χ4n) is 1.82. The van der Waals surface area contributed by atoms with Gasteiger partial charge in [0.1, 0.15) is 0 Å². The van der Waals surface area contributed by atoms with Crippen molar-refractivity contribution in [3.63, 3.8) is 0 Å². The first-order valence-corrected chi connectivity index (χ1v) is 5.95. The molecule has 15 heavy (non-hydrogen) atoms. The molecule has 0 spiro atoms. The van der Waals surface area contributed by atoms with Crippen molar-refractivity contribution in [1.29, 1.82) is 0 Å². The van der Waals surface area contributed by atoms with Gasteiger partial charge in [0.15, 0.2) is 0 Å². The minimum atomic E-state index is 0.185. The lowest BCUT2D eigenvalue weighted by atomic mass is 9.87. The molecule has 1 fully saturated rings. The normalized spacial score (nSPS) is 24.8. The predicted molar refractivity (Wildman–Crippen MR) is 63.9 cm³/mol. The standard InChI is InChI=1S/C12H26N2O/c1-12(2,3)11(13)9-14(4)8-10-6-5-7-15-10/h10-11H,5-9,13H2,1-4H3. The first kappa shape index (κ1) is 12.9. The SMILES string of the molecule is CN(CC1CCCO1)CC(N)C(C)(C)C. The van der Waals surface area contributed by atoms with Gasteiger partial charge in [-0.1, -0.05) is 20.8 Å². The first-order chi connectivity index (χ1) is 6.89. The Balaban J connectivity index is 2.25. The molecule has 0 aromatic carbocycles. The maximum Gasteiger partial charge on any atom is 0.0702 e. The van der Waals surface area contributed by atoms with Crippen LogP contribution in [0.2, 0.25) is 0 Å². The number of hydrogen-bond acceptors (Lipinski definition) is 3. The first-order valence-electron chi connectivity index (χ1n) is 5.95. The molecule has 0 aliphatic carbocycles. The second kappa shape index (κ2) is 5.28. The van der Waals surface area contributed by atoms with Crippen LogP contribution in [0.1, 0.15) is 33.6 Å². The summed E-state index contributed by atoms with van der Waals surface area (Å²) in [7, 11) is 2.13. The van der Waals surface area contributed by atoms with Gasteiger partial charge in [-0.3, -0.25) is 0 Å². The van der Waals surface area contributed by atoms with Crippen molar-refractivity contribution in [3.05, 3.63) is 0 Å². The maximum absolute atomic E-state index is 6.14. The van der Waals surface area contributed by atoms with Crippen LogP contribution in [0.3, 0.4) is 0 Å². The molecule has 1 aliphatic heterocycles. The van der Waals surface area contributed by atoms with Crippen molar-refractivity contribution in [1.82, 2.24) is 4.90 Å². The van der Waals surface area contributed by atoms with Gasteiger partial charge in [0, 0.05) is 25.7 Å². The summed E-state index contributed by atoms with van der Waals surface area (Å²) in [6.45, 7) is 9.48. The topological polar surface area (TPSA) is 38.5 Å². The van der Waals surface area contributed by atoms with Gasteiger partial charge in [-0.15, -0.1) is 0 Å². The minimum Gasteiger partial charge on any atom is -0.377 e. The van der Waals surface area contributed by atoms with Crippen LogP contribution in [-0.2, 0) is 4.74 Å². The van der Waals surface area contributed by atoms with E-state index in [4.69, 9.17) is 10.5 Å². The average molecular weight is 214 g/mol. The van der Waals surface area contributed by atoms with Crippen LogP contribution in [0.5, 0.6) is 0 Å². The third kappa shape index (κ3) is 4.49. The van der Waals surface area contributed by atoms with Crippen LogP contribution < -0.4 is 5.73 Å². The Morgan fingerprint density at radius 1 is 1.47 bits per heavy atom. The van der Waals surface area contributed by atoms with E-state index in [1.54, 1.807) is 0 Å². The highest BCUT2D eigenvalue weighted by atomic mass is 16.5. The van der Waals surface area contributed by atoms with E-state index in [9.17, 15) is 0 Å². The molecular formula is C12H26N2O. The largest absolute Gasteiger partial charge is 0.377 e. The Kier molecular flexibility index (Phi) is 4.56. The molecule has 0 aromatic heterocycles. The second-order valence-electron chi connectivity index (χ2n) is 5.83. The van der Waals surface area contributed by atoms with Gasteiger partial charge < -0.3 is 15.4 Å². The zero-order valence-electron chi connectivity index (χ0n) is 10.6. The van der Waals surface area contributed by atoms with E-state index >= 15 is 0 Å². The van der Waals surface area contributed by atoms with Crippen molar-refractivity contribution in [2.24, 2.45) is 11.1 Å². The van der Waals surface area contributed by atoms with Crippen LogP contribution >= 0.6 is 0 Å². The smallest absolute Gasteiger partial charge is 0.0702 e. The predicted octanol–water partition coefficient (Wildman–Crippen LogP) is 1.47. The molecule has 3 heteroatoms. The van der Waals surface area contributed by atoms with Crippen molar-refractivity contribution in [3.8, 4) is 0 Å². The third-order valence-electron chi connectivity index (χ3n) is 3.16. The van der Waals surface area contributed by atoms with E-state index in [1.165, 1.54) is 12.8 Å². The quantitative estimate of drug-likeness (QED) is 0.770. The lowest BCUT2D eigenvalue weighted by molar-refractivity contribution is 0.0753. The summed E-state index contributed by atoms with van der Waals surface area (Å²) in [5.74, 6) is 0. The van der Waals surface area contributed by atoms with Crippen molar-refractivity contribution in [2.75, 3.05) is 26.7 Å². The molecule has 0 saturated carbocycles. The summed E-state index contributed by atoms with van der Waals surface area (Å²) < 4.78 is 5.61. The molecular weight excluding hydrogens is 188 g/mol. The molecule has 2 atom stereocenters. The van der Waals surface area contributed by atoms with Crippen LogP contribution in [0.15, 0.2) is 0 Å². The number of ether oxygens (including phenoxy) is 1. The molecule has 0 radical (unpaired) electrons. The monoisotopic (exact) mass is 214 g/mol. The summed E-state index contributed by atoms with van der Waals surface area (Å²) in [6, 6.07) is 0.226. The minimum absolute atomic E-state index is 0.185. The van der Waals surface area contributed by atoms with Gasteiger partial charge in [0.2, 0.25) is 0 Å². The molecule has 0 aromatic rings. The van der Waals surface area contributed by atoms with Gasteiger partial charge in [-0.2, -0.15) is 0 Å². The lowest BCUT2D eigenvalue weighted by Gasteiger charge is -2.31. The zero-order chi connectivity index (χ0) is 11.5. The highest BCUT2D eigenvalue weighted by molar-refractivity contribution is 4.80. The summed E-state index contributed by atoms with van der Waals surface area (Å²) in [5, 5.41) is 0. The van der Waals surface area contributed by atoms with Crippen molar-refractivity contribution in [2.45, 2.75) is 45.8 Å². The van der Waals surface area contributed by atoms with E-state index in [2.05, 4.69) is 32.7 Å². The molecule has 2 N–H and O–H groups in total. The fraction of sp³-hybridized carbons (Fsp3) is 1.00. The number of rotatable bonds is 4. The van der Waals surface area contributed by atoms with Gasteiger partial charge >= 0.3 is 0 Å². The molecule has 2 unspecified atom stereocenters. The maximum atomic E-state index is 6.14. The average Bonchev–Trinajstić information content (AvgIpc) is 2.54. The van der Waals surface area contributed by atoms with Crippen LogP contribution in [0, 0.1) is 5.41 Å². The molecule has 1 saturated heterocycles. The highest BCUT2D eigenvalue weighted by Crippen LogP contribution is 2.19. The van der Waals surface area contributed by atoms with E-state index in [-0.39, 0.29) is 11.5 Å². The van der Waals surface area contributed by atoms with Gasteiger partial charge in [0.05, 0.1) is 6.10 Å². The Hall–Kier alpha value is -0.120. The fourth-order valence-corrected chi connectivity index (χ4v) is 1.82. The molecule has 0 amide bonds. The van der Waals surface area contributed by atoms with Gasteiger partial charge in [-0.25, -0.2) is 0 Å². The highest BCUT2D eigenvalue weighted by Gasteiger charge is 2.24. The van der Waals surface area contributed by atoms with Crippen LogP contribution in [0.4, 0.5) is 0 Å². The van der Waals surface area contributed by atoms with Crippen molar-refractivity contribution < 1.29 is 4.74 Å². The molecule has 1 aliphatic rings. The lowest BCUT2D eigenvalue weighted by Crippen LogP contribution is -2.45. The van der Waals surface area contributed by atoms with E-state index in [0.29, 0.717) is 6.10 Å². The summed E-state index contributed by atoms with van der Waals surface area (Å²) in [4.78, 5) is 2.30. The number of hydrogen-bond donors (Lipinski definition) is 1. The van der Waals surface area contributed by atoms with Gasteiger partial charge in [0.25, 0.3) is 0 Å². The Morgan fingerprint density at radius 3 is 2.60 bits per heavy atom. The Morgan fingerprint density at radius 2 is 2.13 bits per heavy atom. The van der Waals surface area contributed by atoms with E-state index < -0.39 is 0 Å². The van der Waals surface area contributed by atoms with Crippen molar-refractivity contribution >= 4 is 0 Å². The Bertz CT molecular complexity index is 183. The Labute approximate surface area is 94.0 Å². The summed E-state index contributed by atoms with van der Waals surface area (Å²) in [5.41, 5.74) is 6.33. The van der Waals surface area contributed by atoms with Gasteiger partial charge in [-0.05, 0) is 25.3 Å². The second-order valence-corrected chi connectivity index (χ2v) is 5.83. The molecule has 0 bridgehead atoms. The zero-order valence-corrected chi connectivity index (χ0v) is 10.6. The third-order valence-corrected chi connectivity index (χ3v) is 3.16. The van der Waals surface area contributed by atoms with Crippen LogP contribution in [-0.4, -0.2) is 43.8 Å². The number of nitrogens with zero attached hydrogens (tertiary/aromatic N) is 1. The molecule has 90 valence electrons.